The van der Waals surface area contributed by atoms with E-state index in [0.717, 1.165) is 67.4 Å². The molecule has 2 aromatic carbocycles. The number of pyridine rings is 1. The zero-order valence-corrected chi connectivity index (χ0v) is 26.9. The van der Waals surface area contributed by atoms with Crippen molar-refractivity contribution in [3.8, 4) is 16.9 Å². The second-order valence-electron chi connectivity index (χ2n) is 13.0. The number of nitrogens with zero attached hydrogens (tertiary/aromatic N) is 1. The van der Waals surface area contributed by atoms with Crippen LogP contribution in [0.2, 0.25) is 0 Å². The Balaban J connectivity index is 1.14. The zero-order valence-electron chi connectivity index (χ0n) is 26.9. The van der Waals surface area contributed by atoms with Gasteiger partial charge in [0.15, 0.2) is 0 Å². The van der Waals surface area contributed by atoms with Gasteiger partial charge < -0.3 is 35.2 Å². The first-order chi connectivity index (χ1) is 22.2. The van der Waals surface area contributed by atoms with E-state index in [1.54, 1.807) is 0 Å². The van der Waals surface area contributed by atoms with Crippen molar-refractivity contribution in [1.82, 2.24) is 10.3 Å². The molecule has 3 aromatic rings. The van der Waals surface area contributed by atoms with Crippen molar-refractivity contribution in [2.24, 2.45) is 0 Å². The number of para-hydroxylation sites is 1. The number of rotatable bonds is 18. The Kier molecular flexibility index (Phi) is 11.5. The summed E-state index contributed by atoms with van der Waals surface area (Å²) < 4.78 is 13.0. The zero-order chi connectivity index (χ0) is 32.7. The molecule has 1 heterocycles. The topological polar surface area (TPSA) is 141 Å². The van der Waals surface area contributed by atoms with Crippen LogP contribution in [-0.2, 0) is 21.7 Å². The lowest BCUT2D eigenvalue weighted by Crippen LogP contribution is -2.42. The molecule has 9 nitrogen and oxygen atoms in total. The van der Waals surface area contributed by atoms with Gasteiger partial charge in [0.05, 0.1) is 37.4 Å². The molecule has 2 fully saturated rings. The Morgan fingerprint density at radius 2 is 1.83 bits per heavy atom. The third-order valence-electron chi connectivity index (χ3n) is 9.21. The van der Waals surface area contributed by atoms with Crippen LogP contribution in [0, 0.1) is 6.92 Å². The van der Waals surface area contributed by atoms with Crippen molar-refractivity contribution in [2.75, 3.05) is 13.2 Å². The molecule has 4 unspecified atom stereocenters. The Bertz CT molecular complexity index is 1460. The molecule has 46 heavy (non-hydrogen) atoms. The van der Waals surface area contributed by atoms with Crippen molar-refractivity contribution in [3.05, 3.63) is 83.2 Å². The van der Waals surface area contributed by atoms with E-state index in [4.69, 9.17) is 14.6 Å². The third-order valence-corrected chi connectivity index (χ3v) is 9.21. The Labute approximate surface area is 271 Å². The molecule has 2 aliphatic carbocycles. The van der Waals surface area contributed by atoms with Gasteiger partial charge in [0.25, 0.3) is 0 Å². The molecule has 248 valence electrons. The van der Waals surface area contributed by atoms with Crippen LogP contribution in [0.3, 0.4) is 0 Å². The maximum atomic E-state index is 12.1. The van der Waals surface area contributed by atoms with Crippen molar-refractivity contribution >= 4 is 5.91 Å². The van der Waals surface area contributed by atoms with Gasteiger partial charge in [-0.3, -0.25) is 9.78 Å². The number of aryl methyl sites for hydroxylation is 1. The first-order valence-electron chi connectivity index (χ1n) is 16.6. The van der Waals surface area contributed by atoms with E-state index >= 15 is 0 Å². The average molecular weight is 633 g/mol. The second-order valence-corrected chi connectivity index (χ2v) is 13.0. The number of benzene rings is 2. The van der Waals surface area contributed by atoms with E-state index in [1.807, 2.05) is 18.5 Å². The van der Waals surface area contributed by atoms with Crippen LogP contribution < -0.4 is 10.1 Å². The number of ether oxygens (including phenoxy) is 2. The number of hydrogen-bond acceptors (Lipinski definition) is 8. The van der Waals surface area contributed by atoms with Crippen LogP contribution in [0.1, 0.15) is 86.5 Å². The molecule has 2 aliphatic rings. The highest BCUT2D eigenvalue weighted by molar-refractivity contribution is 5.76. The predicted molar refractivity (Wildman–Crippen MR) is 175 cm³/mol. The van der Waals surface area contributed by atoms with Crippen LogP contribution in [0.15, 0.2) is 60.9 Å². The SMILES string of the molecule is Cc1ccc(C(C)CCCCNC(=O)CC(O)C(O)C(O)CO)cc1COC1(c2cnccc2-c2ccccc2OC2CC2)CC1. The highest BCUT2D eigenvalue weighted by atomic mass is 16.5. The molecule has 2 saturated carbocycles. The van der Waals surface area contributed by atoms with E-state index in [0.29, 0.717) is 25.2 Å². The number of aromatic nitrogens is 1. The van der Waals surface area contributed by atoms with E-state index in [2.05, 4.69) is 66.6 Å². The van der Waals surface area contributed by atoms with E-state index in [9.17, 15) is 20.1 Å². The predicted octanol–water partition coefficient (Wildman–Crippen LogP) is 4.66. The number of nitrogens with one attached hydrogen (secondary N) is 1. The molecule has 0 bridgehead atoms. The van der Waals surface area contributed by atoms with Gasteiger partial charge >= 0.3 is 0 Å². The standard InChI is InChI=1S/C37H48N2O7/c1-24(7-5-6-17-39-35(43)20-32(41)36(44)33(42)22-40)26-11-10-25(2)27(19-26)23-45-37(15-16-37)31-21-38-18-14-29(31)30-8-3-4-9-34(30)46-28-12-13-28/h3-4,8-11,14,18-19,21,24,28,32-33,36,40-42,44H,5-7,12-13,15-17,20,22-23H2,1-2H3,(H,39,43). The number of carbonyl (C=O) groups is 1. The fourth-order valence-electron chi connectivity index (χ4n) is 5.84. The smallest absolute Gasteiger partial charge is 0.222 e. The summed E-state index contributed by atoms with van der Waals surface area (Å²) in [6.45, 7) is 4.62. The van der Waals surface area contributed by atoms with Crippen molar-refractivity contribution < 1.29 is 34.7 Å². The highest BCUT2D eigenvalue weighted by Crippen LogP contribution is 2.53. The first kappa shape index (κ1) is 34.0. The van der Waals surface area contributed by atoms with Crippen LogP contribution in [0.5, 0.6) is 5.75 Å². The summed E-state index contributed by atoms with van der Waals surface area (Å²) in [5.41, 5.74) is 6.59. The minimum Gasteiger partial charge on any atom is -0.490 e. The van der Waals surface area contributed by atoms with Gasteiger partial charge in [0.2, 0.25) is 5.91 Å². The molecular weight excluding hydrogens is 584 g/mol. The maximum Gasteiger partial charge on any atom is 0.222 e. The monoisotopic (exact) mass is 632 g/mol. The quantitative estimate of drug-likeness (QED) is 0.128. The Hall–Kier alpha value is -3.34. The lowest BCUT2D eigenvalue weighted by molar-refractivity contribution is -0.128. The number of carbonyl (C=O) groups excluding carboxylic acids is 1. The summed E-state index contributed by atoms with van der Waals surface area (Å²) in [5, 5.41) is 40.7. The van der Waals surface area contributed by atoms with Gasteiger partial charge in [-0.25, -0.2) is 0 Å². The molecule has 1 aromatic heterocycles. The number of aliphatic hydroxyl groups excluding tert-OH is 4. The molecule has 0 radical (unpaired) electrons. The first-order valence-corrected chi connectivity index (χ1v) is 16.6. The highest BCUT2D eigenvalue weighted by Gasteiger charge is 2.47. The van der Waals surface area contributed by atoms with Gasteiger partial charge in [-0.05, 0) is 85.8 Å². The molecule has 1 amide bonds. The Morgan fingerprint density at radius 3 is 2.57 bits per heavy atom. The summed E-state index contributed by atoms with van der Waals surface area (Å²) in [4.78, 5) is 16.6. The number of hydrogen-bond donors (Lipinski definition) is 5. The lowest BCUT2D eigenvalue weighted by atomic mass is 9.92. The van der Waals surface area contributed by atoms with Gasteiger partial charge in [-0.1, -0.05) is 49.7 Å². The molecular formula is C37H48N2O7. The van der Waals surface area contributed by atoms with Crippen molar-refractivity contribution in [2.45, 2.75) is 108 Å². The summed E-state index contributed by atoms with van der Waals surface area (Å²) >= 11 is 0. The molecule has 9 heteroatoms. The van der Waals surface area contributed by atoms with Crippen LogP contribution >= 0.6 is 0 Å². The summed E-state index contributed by atoms with van der Waals surface area (Å²) in [5.74, 6) is 0.840. The molecule has 0 spiro atoms. The maximum absolute atomic E-state index is 12.1. The fourth-order valence-corrected chi connectivity index (χ4v) is 5.84. The molecule has 5 N–H and O–H groups in total. The van der Waals surface area contributed by atoms with Gasteiger partial charge in [-0.15, -0.1) is 0 Å². The third kappa shape index (κ3) is 8.72. The molecule has 4 atom stereocenters. The van der Waals surface area contributed by atoms with Crippen molar-refractivity contribution in [1.29, 1.82) is 0 Å². The molecule has 5 rings (SSSR count). The van der Waals surface area contributed by atoms with Crippen molar-refractivity contribution in [3.63, 3.8) is 0 Å². The van der Waals surface area contributed by atoms with Gasteiger partial charge in [-0.2, -0.15) is 0 Å². The second kappa shape index (κ2) is 15.5. The molecule has 0 aliphatic heterocycles. The average Bonchev–Trinajstić information content (AvgIpc) is 4.01. The minimum absolute atomic E-state index is 0.316. The van der Waals surface area contributed by atoms with Crippen LogP contribution in [-0.4, -0.2) is 68.9 Å². The largest absolute Gasteiger partial charge is 0.490 e. The molecule has 0 saturated heterocycles. The summed E-state index contributed by atoms with van der Waals surface area (Å²) in [7, 11) is 0. The number of unbranched alkanes of at least 4 members (excludes halogenated alkanes) is 1. The van der Waals surface area contributed by atoms with Crippen LogP contribution in [0.25, 0.3) is 11.1 Å². The fraction of sp³-hybridized carbons (Fsp3) is 0.514. The van der Waals surface area contributed by atoms with E-state index < -0.39 is 30.8 Å². The van der Waals surface area contributed by atoms with Crippen LogP contribution in [0.4, 0.5) is 0 Å². The number of amides is 1. The van der Waals surface area contributed by atoms with Gasteiger partial charge in [0.1, 0.15) is 18.0 Å². The van der Waals surface area contributed by atoms with E-state index in [1.165, 1.54) is 16.7 Å². The summed E-state index contributed by atoms with van der Waals surface area (Å²) in [6.07, 6.45) is 6.05. The van der Waals surface area contributed by atoms with Gasteiger partial charge in [0, 0.05) is 30.1 Å². The Morgan fingerprint density at radius 1 is 1.04 bits per heavy atom. The normalized spacial score (nSPS) is 18.0. The number of aliphatic hydroxyl groups is 4. The lowest BCUT2D eigenvalue weighted by Gasteiger charge is -2.22. The minimum atomic E-state index is -1.57. The summed E-state index contributed by atoms with van der Waals surface area (Å²) in [6, 6.07) is 16.9. The van der Waals surface area contributed by atoms with E-state index in [-0.39, 0.29) is 12.0 Å².